The molecule has 1 fully saturated rings. The van der Waals surface area contributed by atoms with Crippen molar-refractivity contribution < 1.29 is 19.1 Å². The molecule has 9 heteroatoms. The van der Waals surface area contributed by atoms with Crippen molar-refractivity contribution in [2.75, 3.05) is 31.8 Å². The molecule has 1 saturated heterocycles. The lowest BCUT2D eigenvalue weighted by Gasteiger charge is -2.34. The third-order valence-electron chi connectivity index (χ3n) is 4.07. The van der Waals surface area contributed by atoms with Gasteiger partial charge in [0.1, 0.15) is 11.4 Å². The average Bonchev–Trinajstić information content (AvgIpc) is 2.65. The van der Waals surface area contributed by atoms with Crippen molar-refractivity contribution in [2.45, 2.75) is 50.4 Å². The lowest BCUT2D eigenvalue weighted by molar-refractivity contribution is -0.134. The van der Waals surface area contributed by atoms with Gasteiger partial charge in [0.25, 0.3) is 0 Å². The van der Waals surface area contributed by atoms with Gasteiger partial charge in [-0.15, -0.1) is 0 Å². The molecule has 0 aliphatic carbocycles. The molecule has 0 spiro atoms. The maximum Gasteiger partial charge on any atom is 0.410 e. The number of esters is 1. The molecule has 0 bridgehead atoms. The second-order valence-corrected chi connectivity index (χ2v) is 8.18. The van der Waals surface area contributed by atoms with Crippen LogP contribution in [0.15, 0.2) is 17.4 Å². The van der Waals surface area contributed by atoms with Gasteiger partial charge in [-0.2, -0.15) is 0 Å². The normalized spacial score (nSPS) is 15.5. The zero-order valence-corrected chi connectivity index (χ0v) is 17.8. The van der Waals surface area contributed by atoms with E-state index in [0.717, 1.165) is 12.8 Å². The summed E-state index contributed by atoms with van der Waals surface area (Å²) in [5.74, 6) is 0.223. The first-order chi connectivity index (χ1) is 13.2. The van der Waals surface area contributed by atoms with Crippen molar-refractivity contribution in [3.63, 3.8) is 0 Å². The van der Waals surface area contributed by atoms with Crippen LogP contribution in [0.3, 0.4) is 0 Å². The van der Waals surface area contributed by atoms with E-state index in [1.165, 1.54) is 24.9 Å². The van der Waals surface area contributed by atoms with Crippen molar-refractivity contribution in [3.8, 4) is 0 Å². The molecule has 1 aromatic heterocycles. The van der Waals surface area contributed by atoms with Gasteiger partial charge in [0.05, 0.1) is 7.11 Å². The largest absolute Gasteiger partial charge is 0.466 e. The van der Waals surface area contributed by atoms with Crippen LogP contribution >= 0.6 is 11.8 Å². The molecule has 0 radical (unpaired) electrons. The average molecular weight is 409 g/mol. The smallest absolute Gasteiger partial charge is 0.410 e. The fourth-order valence-electron chi connectivity index (χ4n) is 2.66. The highest BCUT2D eigenvalue weighted by Crippen LogP contribution is 2.22. The molecule has 0 saturated carbocycles. The van der Waals surface area contributed by atoms with Gasteiger partial charge in [0.2, 0.25) is 0 Å². The van der Waals surface area contributed by atoms with E-state index >= 15 is 0 Å². The molecular formula is C19H28N4O4S. The summed E-state index contributed by atoms with van der Waals surface area (Å²) in [4.78, 5) is 34.1. The standard InChI is InChI=1S/C19H28N4O4S/c1-19(2,3)27-18(25)23-10-8-14(9-11-23)21-16-13(6-7-15(24)26-4)12-20-17(22-16)28-5/h6-7,12,14H,8-11H2,1-5H3,(H,20,21,22). The molecule has 0 unspecified atom stereocenters. The number of hydrogen-bond acceptors (Lipinski definition) is 8. The zero-order chi connectivity index (χ0) is 20.7. The lowest BCUT2D eigenvalue weighted by atomic mass is 10.1. The predicted molar refractivity (Wildman–Crippen MR) is 109 cm³/mol. The number of nitrogens with zero attached hydrogens (tertiary/aromatic N) is 3. The molecule has 1 aliphatic heterocycles. The number of nitrogens with one attached hydrogen (secondary N) is 1. The molecule has 1 aliphatic rings. The Morgan fingerprint density at radius 1 is 1.32 bits per heavy atom. The summed E-state index contributed by atoms with van der Waals surface area (Å²) in [6.45, 7) is 6.81. The Labute approximate surface area is 170 Å². The fraction of sp³-hybridized carbons (Fsp3) is 0.579. The minimum atomic E-state index is -0.498. The maximum absolute atomic E-state index is 12.2. The van der Waals surface area contributed by atoms with Crippen molar-refractivity contribution in [3.05, 3.63) is 17.8 Å². The van der Waals surface area contributed by atoms with Crippen LogP contribution in [0, 0.1) is 0 Å². The van der Waals surface area contributed by atoms with Gasteiger partial charge in [-0.3, -0.25) is 0 Å². The second-order valence-electron chi connectivity index (χ2n) is 7.40. The number of likely N-dealkylation sites (tertiary alicyclic amines) is 1. The van der Waals surface area contributed by atoms with Gasteiger partial charge >= 0.3 is 12.1 Å². The van der Waals surface area contributed by atoms with Crippen LogP contribution < -0.4 is 5.32 Å². The number of amides is 1. The van der Waals surface area contributed by atoms with E-state index in [0.29, 0.717) is 29.6 Å². The molecule has 2 heterocycles. The SMILES string of the molecule is COC(=O)C=Cc1cnc(SC)nc1NC1CCN(C(=O)OC(C)(C)C)CC1. The molecular weight excluding hydrogens is 380 g/mol. The van der Waals surface area contributed by atoms with Crippen molar-refractivity contribution in [1.82, 2.24) is 14.9 Å². The minimum Gasteiger partial charge on any atom is -0.466 e. The van der Waals surface area contributed by atoms with Gasteiger partial charge in [-0.25, -0.2) is 19.6 Å². The number of piperidine rings is 1. The molecule has 2 rings (SSSR count). The summed E-state index contributed by atoms with van der Waals surface area (Å²) >= 11 is 1.44. The number of ether oxygens (including phenoxy) is 2. The number of hydrogen-bond donors (Lipinski definition) is 1. The van der Waals surface area contributed by atoms with Gasteiger partial charge < -0.3 is 19.7 Å². The third kappa shape index (κ3) is 6.70. The summed E-state index contributed by atoms with van der Waals surface area (Å²) < 4.78 is 10.1. The minimum absolute atomic E-state index is 0.161. The van der Waals surface area contributed by atoms with Crippen LogP contribution in [0.2, 0.25) is 0 Å². The first kappa shape index (κ1) is 22.0. The number of carbonyl (C=O) groups excluding carboxylic acids is 2. The molecule has 154 valence electrons. The number of carbonyl (C=O) groups is 2. The Morgan fingerprint density at radius 3 is 2.57 bits per heavy atom. The molecule has 0 atom stereocenters. The predicted octanol–water partition coefficient (Wildman–Crippen LogP) is 3.20. The van der Waals surface area contributed by atoms with Gasteiger partial charge in [0.15, 0.2) is 5.16 Å². The molecule has 1 amide bonds. The summed E-state index contributed by atoms with van der Waals surface area (Å²) in [6.07, 6.45) is 7.83. The third-order valence-corrected chi connectivity index (χ3v) is 4.63. The molecule has 0 aromatic carbocycles. The molecule has 28 heavy (non-hydrogen) atoms. The topological polar surface area (TPSA) is 93.6 Å². The highest BCUT2D eigenvalue weighted by Gasteiger charge is 2.27. The number of aromatic nitrogens is 2. The first-order valence-electron chi connectivity index (χ1n) is 9.13. The van der Waals surface area contributed by atoms with Crippen LogP contribution in [0.25, 0.3) is 6.08 Å². The summed E-state index contributed by atoms with van der Waals surface area (Å²) in [6, 6.07) is 0.161. The molecule has 8 nitrogen and oxygen atoms in total. The van der Waals surface area contributed by atoms with E-state index in [-0.39, 0.29) is 12.1 Å². The van der Waals surface area contributed by atoms with Gasteiger partial charge in [0, 0.05) is 37.0 Å². The van der Waals surface area contributed by atoms with Crippen LogP contribution in [-0.4, -0.2) is 65.0 Å². The Kier molecular flexibility index (Phi) is 7.68. The van der Waals surface area contributed by atoms with Crippen LogP contribution in [0.5, 0.6) is 0 Å². The van der Waals surface area contributed by atoms with Crippen LogP contribution in [-0.2, 0) is 14.3 Å². The fourth-order valence-corrected chi connectivity index (χ4v) is 3.00. The number of methoxy groups -OCH3 is 1. The van der Waals surface area contributed by atoms with Crippen LogP contribution in [0.4, 0.5) is 10.6 Å². The van der Waals surface area contributed by atoms with Crippen LogP contribution in [0.1, 0.15) is 39.2 Å². The van der Waals surface area contributed by atoms with Gasteiger partial charge in [-0.1, -0.05) is 11.8 Å². The number of anilines is 1. The van der Waals surface area contributed by atoms with E-state index in [1.54, 1.807) is 17.2 Å². The quantitative estimate of drug-likeness (QED) is 0.344. The Balaban J connectivity index is 2.02. The van der Waals surface area contributed by atoms with Crippen molar-refractivity contribution >= 4 is 35.7 Å². The Hall–Kier alpha value is -2.29. The van der Waals surface area contributed by atoms with E-state index in [1.807, 2.05) is 27.0 Å². The monoisotopic (exact) mass is 408 g/mol. The Morgan fingerprint density at radius 2 is 2.00 bits per heavy atom. The van der Waals surface area contributed by atoms with E-state index < -0.39 is 11.6 Å². The van der Waals surface area contributed by atoms with E-state index in [2.05, 4.69) is 20.0 Å². The lowest BCUT2D eigenvalue weighted by Crippen LogP contribution is -2.44. The Bertz CT molecular complexity index is 725. The summed E-state index contributed by atoms with van der Waals surface area (Å²) in [7, 11) is 1.33. The molecule has 1 aromatic rings. The van der Waals surface area contributed by atoms with E-state index in [9.17, 15) is 9.59 Å². The molecule has 1 N–H and O–H groups in total. The van der Waals surface area contributed by atoms with Gasteiger partial charge in [-0.05, 0) is 45.9 Å². The van der Waals surface area contributed by atoms with Crippen molar-refractivity contribution in [1.29, 1.82) is 0 Å². The number of rotatable bonds is 5. The number of thioether (sulfide) groups is 1. The first-order valence-corrected chi connectivity index (χ1v) is 10.4. The second kappa shape index (κ2) is 9.77. The maximum atomic E-state index is 12.2. The highest BCUT2D eigenvalue weighted by atomic mass is 32.2. The zero-order valence-electron chi connectivity index (χ0n) is 17.0. The summed E-state index contributed by atoms with van der Waals surface area (Å²) in [5.41, 5.74) is 0.208. The highest BCUT2D eigenvalue weighted by molar-refractivity contribution is 7.98. The van der Waals surface area contributed by atoms with Crippen molar-refractivity contribution in [2.24, 2.45) is 0 Å². The van der Waals surface area contributed by atoms with E-state index in [4.69, 9.17) is 4.74 Å². The summed E-state index contributed by atoms with van der Waals surface area (Å²) in [5, 5.41) is 4.07.